The smallest absolute Gasteiger partial charge is 0.164 e. The van der Waals surface area contributed by atoms with E-state index in [0.717, 1.165) is 40.4 Å². The Balaban J connectivity index is 0.978. The first kappa shape index (κ1) is 31.7. The van der Waals surface area contributed by atoms with Crippen LogP contribution in [0, 0.1) is 23.7 Å². The van der Waals surface area contributed by atoms with Crippen molar-refractivity contribution in [3.63, 3.8) is 0 Å². The molecular weight excluding hydrogens is 667 g/mol. The van der Waals surface area contributed by atoms with Crippen LogP contribution in [0.4, 0.5) is 0 Å². The predicted octanol–water partition coefficient (Wildman–Crippen LogP) is 12.6. The maximum Gasteiger partial charge on any atom is 0.164 e. The van der Waals surface area contributed by atoms with Crippen molar-refractivity contribution >= 4 is 0 Å². The van der Waals surface area contributed by atoms with Crippen molar-refractivity contribution in [3.8, 4) is 67.5 Å². The van der Waals surface area contributed by atoms with Gasteiger partial charge in [-0.3, -0.25) is 0 Å². The van der Waals surface area contributed by atoms with E-state index < -0.39 is 0 Å². The van der Waals surface area contributed by atoms with E-state index in [2.05, 4.69) is 147 Å². The van der Waals surface area contributed by atoms with Crippen molar-refractivity contribution in [3.05, 3.63) is 162 Å². The van der Waals surface area contributed by atoms with E-state index in [1.807, 2.05) is 6.07 Å². The zero-order chi connectivity index (χ0) is 36.5. The van der Waals surface area contributed by atoms with Crippen LogP contribution in [0.2, 0.25) is 0 Å². The fourth-order valence-electron chi connectivity index (χ4n) is 12.4. The molecule has 7 aromatic rings. The second-order valence-corrected chi connectivity index (χ2v) is 17.7. The van der Waals surface area contributed by atoms with Crippen molar-refractivity contribution < 1.29 is 0 Å². The Morgan fingerprint density at radius 3 is 1.56 bits per heavy atom. The van der Waals surface area contributed by atoms with Gasteiger partial charge in [0.05, 0.1) is 0 Å². The molecule has 55 heavy (non-hydrogen) atoms. The maximum absolute atomic E-state index is 5.24. The first-order valence-corrected chi connectivity index (χ1v) is 20.4. The summed E-state index contributed by atoms with van der Waals surface area (Å²) in [6.45, 7) is 4.65. The summed E-state index contributed by atoms with van der Waals surface area (Å²) in [5.74, 6) is 5.42. The average Bonchev–Trinajstić information content (AvgIpc) is 3.65. The van der Waals surface area contributed by atoms with E-state index in [4.69, 9.17) is 15.0 Å². The molecule has 0 saturated heterocycles. The predicted molar refractivity (Wildman–Crippen MR) is 222 cm³/mol. The molecule has 0 amide bonds. The molecule has 0 aliphatic heterocycles. The lowest BCUT2D eigenvalue weighted by molar-refractivity contribution is -0.0399. The van der Waals surface area contributed by atoms with Crippen molar-refractivity contribution in [1.29, 1.82) is 0 Å². The fourth-order valence-corrected chi connectivity index (χ4v) is 12.4. The third-order valence-electron chi connectivity index (χ3n) is 14.5. The van der Waals surface area contributed by atoms with Gasteiger partial charge in [0.25, 0.3) is 0 Å². The quantitative estimate of drug-likeness (QED) is 0.183. The largest absolute Gasteiger partial charge is 0.208 e. The number of benzene rings is 6. The van der Waals surface area contributed by atoms with Gasteiger partial charge in [-0.25, -0.2) is 15.0 Å². The molecule has 1 spiro atoms. The molecule has 3 heteroatoms. The molecule has 0 radical (unpaired) electrons. The summed E-state index contributed by atoms with van der Waals surface area (Å²) in [5, 5.41) is 0. The summed E-state index contributed by atoms with van der Waals surface area (Å²) in [6.07, 6.45) is 7.02. The average molecular weight is 710 g/mol. The van der Waals surface area contributed by atoms with Crippen LogP contribution in [0.25, 0.3) is 67.5 Å². The van der Waals surface area contributed by atoms with Gasteiger partial charge in [-0.05, 0) is 130 Å². The first-order chi connectivity index (χ1) is 26.9. The van der Waals surface area contributed by atoms with Crippen molar-refractivity contribution in [2.24, 2.45) is 23.7 Å². The van der Waals surface area contributed by atoms with Crippen LogP contribution in [0.3, 0.4) is 0 Å². The summed E-state index contributed by atoms with van der Waals surface area (Å²) in [5.41, 5.74) is 16.9. The number of aromatic nitrogens is 3. The lowest BCUT2D eigenvalue weighted by Crippen LogP contribution is -2.55. The van der Waals surface area contributed by atoms with Crippen molar-refractivity contribution in [2.75, 3.05) is 0 Å². The van der Waals surface area contributed by atoms with E-state index in [9.17, 15) is 0 Å². The normalized spacial score (nSPS) is 24.4. The van der Waals surface area contributed by atoms with Gasteiger partial charge in [-0.2, -0.15) is 0 Å². The molecule has 6 aliphatic rings. The Hall–Kier alpha value is -5.67. The summed E-state index contributed by atoms with van der Waals surface area (Å²) in [7, 11) is 0. The van der Waals surface area contributed by atoms with Gasteiger partial charge in [0.1, 0.15) is 0 Å². The topological polar surface area (TPSA) is 38.7 Å². The molecule has 4 saturated carbocycles. The van der Waals surface area contributed by atoms with Gasteiger partial charge in [-0.1, -0.05) is 135 Å². The van der Waals surface area contributed by atoms with Gasteiger partial charge in [0, 0.05) is 27.5 Å². The van der Waals surface area contributed by atoms with Crippen LogP contribution in [-0.4, -0.2) is 15.0 Å². The lowest BCUT2D eigenvalue weighted by atomic mass is 9.43. The summed E-state index contributed by atoms with van der Waals surface area (Å²) < 4.78 is 0. The van der Waals surface area contributed by atoms with Gasteiger partial charge in [-0.15, -0.1) is 0 Å². The Bertz CT molecular complexity index is 2680. The van der Waals surface area contributed by atoms with Crippen LogP contribution in [-0.2, 0) is 10.8 Å². The molecule has 1 aromatic heterocycles. The molecule has 6 aliphatic carbocycles. The van der Waals surface area contributed by atoms with Crippen LogP contribution in [0.15, 0.2) is 140 Å². The second-order valence-electron chi connectivity index (χ2n) is 17.7. The number of hydrogen-bond acceptors (Lipinski definition) is 3. The van der Waals surface area contributed by atoms with Crippen molar-refractivity contribution in [2.45, 2.75) is 56.8 Å². The number of nitrogens with zero attached hydrogens (tertiary/aromatic N) is 3. The highest BCUT2D eigenvalue weighted by molar-refractivity contribution is 5.86. The van der Waals surface area contributed by atoms with E-state index in [1.165, 1.54) is 76.6 Å². The Morgan fingerprint density at radius 2 is 0.855 bits per heavy atom. The Labute approximate surface area is 323 Å². The Kier molecular flexibility index (Phi) is 6.58. The van der Waals surface area contributed by atoms with Crippen LogP contribution in [0.1, 0.15) is 68.2 Å². The Morgan fingerprint density at radius 1 is 0.382 bits per heavy atom. The fraction of sp³-hybridized carbons (Fsp3) is 0.250. The monoisotopic (exact) mass is 709 g/mol. The second kappa shape index (κ2) is 11.4. The number of fused-ring (bicyclic) bond motifs is 6. The molecule has 0 N–H and O–H groups in total. The maximum atomic E-state index is 5.24. The van der Waals surface area contributed by atoms with Crippen LogP contribution < -0.4 is 0 Å². The van der Waals surface area contributed by atoms with E-state index in [1.54, 1.807) is 11.1 Å². The molecule has 1 heterocycles. The number of hydrogen-bond donors (Lipinski definition) is 0. The standard InChI is InChI=1S/C52H43N3/c1-51(2)44-17-8-6-15-40(44)42-22-20-37(30-46(42)51)50-54-48(33-11-4-3-5-12-33)53-49(55-50)36-14-10-13-34(28-36)35-19-21-43-41-16-7-9-18-45(41)52(47(43)29-35)38-24-31-23-32(26-38)27-39(52)25-31/h3-22,28-32,38-39H,23-27H2,1-2H3. The molecule has 3 nitrogen and oxygen atoms in total. The molecule has 266 valence electrons. The minimum atomic E-state index is -0.110. The van der Waals surface area contributed by atoms with Crippen molar-refractivity contribution in [1.82, 2.24) is 15.0 Å². The number of rotatable bonds is 4. The molecule has 0 unspecified atom stereocenters. The molecule has 6 aromatic carbocycles. The zero-order valence-electron chi connectivity index (χ0n) is 31.5. The third-order valence-corrected chi connectivity index (χ3v) is 14.5. The van der Waals surface area contributed by atoms with Gasteiger partial charge in [0.15, 0.2) is 17.5 Å². The highest BCUT2D eigenvalue weighted by Gasteiger charge is 2.61. The molecule has 13 rings (SSSR count). The lowest BCUT2D eigenvalue weighted by Gasteiger charge is -2.61. The van der Waals surface area contributed by atoms with Gasteiger partial charge >= 0.3 is 0 Å². The SMILES string of the molecule is CC1(C)c2ccccc2-c2ccc(-c3nc(-c4ccccc4)nc(-c4cccc(-c5ccc6c(c5)C5(c7ccccc7-6)C6CC7CC(C6)CC5C7)c4)n3)cc21. The highest BCUT2D eigenvalue weighted by atomic mass is 15.0. The summed E-state index contributed by atoms with van der Waals surface area (Å²) >= 11 is 0. The summed E-state index contributed by atoms with van der Waals surface area (Å²) in [4.78, 5) is 15.5. The van der Waals surface area contributed by atoms with Gasteiger partial charge in [0.2, 0.25) is 0 Å². The minimum absolute atomic E-state index is 0.110. The zero-order valence-corrected chi connectivity index (χ0v) is 31.5. The molecule has 4 bridgehead atoms. The highest BCUT2D eigenvalue weighted by Crippen LogP contribution is 2.69. The third kappa shape index (κ3) is 4.47. The van der Waals surface area contributed by atoms with Crippen LogP contribution in [0.5, 0.6) is 0 Å². The summed E-state index contributed by atoms with van der Waals surface area (Å²) in [6, 6.07) is 51.5. The van der Waals surface area contributed by atoms with E-state index in [0.29, 0.717) is 17.5 Å². The van der Waals surface area contributed by atoms with Gasteiger partial charge < -0.3 is 0 Å². The van der Waals surface area contributed by atoms with E-state index in [-0.39, 0.29) is 10.8 Å². The molecule has 0 atom stereocenters. The van der Waals surface area contributed by atoms with Crippen LogP contribution >= 0.6 is 0 Å². The molecular formula is C52H43N3. The first-order valence-electron chi connectivity index (χ1n) is 20.4. The van der Waals surface area contributed by atoms with E-state index >= 15 is 0 Å². The molecule has 4 fully saturated rings. The minimum Gasteiger partial charge on any atom is -0.208 e.